The Kier molecular flexibility index (Phi) is 9.81. The summed E-state index contributed by atoms with van der Waals surface area (Å²) in [6.45, 7) is 10.1. The molecule has 7 rings (SSSR count). The first-order valence-electron chi connectivity index (χ1n) is 16.7. The second-order valence-corrected chi connectivity index (χ2v) is 13.2. The molecule has 0 amide bonds. The summed E-state index contributed by atoms with van der Waals surface area (Å²) in [7, 11) is 0. The topological polar surface area (TPSA) is 104 Å². The Morgan fingerprint density at radius 1 is 0.820 bits per heavy atom. The minimum atomic E-state index is -1.09. The zero-order valence-corrected chi connectivity index (χ0v) is 29.1. The zero-order valence-electron chi connectivity index (χ0n) is 29.1. The lowest BCUT2D eigenvalue weighted by Crippen LogP contribution is -2.28. The number of pyridine rings is 2. The molecule has 5 aromatic rings. The average Bonchev–Trinajstić information content (AvgIpc) is 3.58. The first kappa shape index (κ1) is 34.1. The van der Waals surface area contributed by atoms with Crippen LogP contribution in [-0.2, 0) is 24.4 Å². The monoisotopic (exact) mass is 667 g/mol. The van der Waals surface area contributed by atoms with Gasteiger partial charge in [0.1, 0.15) is 12.4 Å². The standard InChI is InChI=1S/C36H37N3O5.C6H4/c1-6-43-33-16-12-27(20-38-33)26-10-8-25(9-11-26)21-39-31-15-14-29(44-22-28-13-7-23(2)19-37-28)17-30(31)34(24(3)40)32(39)18-36(4,5)35(41)42;1-2-5-4-6(5)3-1/h7-17,19-20H,6,18,21-22H2,1-5H3,(H,41,42);1-4H. The van der Waals surface area contributed by atoms with Gasteiger partial charge < -0.3 is 19.1 Å². The van der Waals surface area contributed by atoms with Crippen molar-refractivity contribution in [3.8, 4) is 33.9 Å². The minimum absolute atomic E-state index is 0.124. The van der Waals surface area contributed by atoms with Crippen LogP contribution in [0.1, 0.15) is 60.6 Å². The molecule has 0 fully saturated rings. The number of rotatable bonds is 12. The molecule has 0 aliphatic heterocycles. The van der Waals surface area contributed by atoms with Crippen LogP contribution in [0.15, 0.2) is 103 Å². The van der Waals surface area contributed by atoms with Gasteiger partial charge in [0, 0.05) is 59.1 Å². The Bertz CT molecular complexity index is 2130. The fourth-order valence-electron chi connectivity index (χ4n) is 5.91. The smallest absolute Gasteiger partial charge is 0.309 e. The van der Waals surface area contributed by atoms with Crippen LogP contribution in [-0.4, -0.2) is 38.0 Å². The van der Waals surface area contributed by atoms with Crippen molar-refractivity contribution in [3.63, 3.8) is 0 Å². The van der Waals surface area contributed by atoms with Crippen molar-refractivity contribution in [1.29, 1.82) is 0 Å². The van der Waals surface area contributed by atoms with E-state index in [2.05, 4.69) is 38.8 Å². The molecule has 3 aromatic heterocycles. The van der Waals surface area contributed by atoms with E-state index >= 15 is 0 Å². The van der Waals surface area contributed by atoms with Crippen molar-refractivity contribution in [1.82, 2.24) is 14.5 Å². The SMILES string of the molecule is CCOc1ccc(-c2ccc(Cn3c(CC(C)(C)C(=O)O)c(C(C)=O)c4cc(OCc5ccc(C)cn5)ccc43)cc2)cn1.c1cc2cc-2c1. The van der Waals surface area contributed by atoms with Crippen LogP contribution in [0.5, 0.6) is 11.6 Å². The Labute approximate surface area is 292 Å². The van der Waals surface area contributed by atoms with Crippen LogP contribution in [0.2, 0.25) is 0 Å². The van der Waals surface area contributed by atoms with Gasteiger partial charge in [0.15, 0.2) is 5.78 Å². The summed E-state index contributed by atoms with van der Waals surface area (Å²) in [5, 5.41) is 10.7. The van der Waals surface area contributed by atoms with Crippen molar-refractivity contribution >= 4 is 22.7 Å². The molecule has 3 heterocycles. The maximum Gasteiger partial charge on any atom is 0.309 e. The quantitative estimate of drug-likeness (QED) is 0.130. The molecule has 0 bridgehead atoms. The van der Waals surface area contributed by atoms with Crippen LogP contribution in [0.3, 0.4) is 0 Å². The van der Waals surface area contributed by atoms with E-state index in [1.807, 2.05) is 80.6 Å². The molecule has 0 atom stereocenters. The van der Waals surface area contributed by atoms with E-state index in [4.69, 9.17) is 9.47 Å². The van der Waals surface area contributed by atoms with Gasteiger partial charge in [-0.2, -0.15) is 0 Å². The number of hydrogen-bond donors (Lipinski definition) is 1. The molecule has 2 aliphatic rings. The molecule has 0 radical (unpaired) electrons. The molecule has 0 spiro atoms. The Balaban J connectivity index is 0.000000641. The van der Waals surface area contributed by atoms with E-state index < -0.39 is 11.4 Å². The number of Topliss-reactive ketones (excluding diaryl/α,β-unsaturated/α-hetero) is 1. The zero-order chi connectivity index (χ0) is 35.4. The van der Waals surface area contributed by atoms with E-state index in [-0.39, 0.29) is 18.8 Å². The molecule has 50 heavy (non-hydrogen) atoms. The first-order valence-corrected chi connectivity index (χ1v) is 16.7. The fourth-order valence-corrected chi connectivity index (χ4v) is 5.91. The number of ketones is 1. The van der Waals surface area contributed by atoms with Crippen molar-refractivity contribution in [2.24, 2.45) is 5.41 Å². The van der Waals surface area contributed by atoms with E-state index in [9.17, 15) is 14.7 Å². The largest absolute Gasteiger partial charge is 0.487 e. The van der Waals surface area contributed by atoms with Gasteiger partial charge in [0.2, 0.25) is 5.88 Å². The highest BCUT2D eigenvalue weighted by Crippen LogP contribution is 2.36. The highest BCUT2D eigenvalue weighted by atomic mass is 16.5. The number of aromatic nitrogens is 3. The molecule has 0 saturated heterocycles. The fraction of sp³-hybridized carbons (Fsp3) is 0.238. The summed E-state index contributed by atoms with van der Waals surface area (Å²) < 4.78 is 13.6. The number of benzene rings is 3. The molecule has 8 nitrogen and oxygen atoms in total. The summed E-state index contributed by atoms with van der Waals surface area (Å²) >= 11 is 0. The number of aryl methyl sites for hydroxylation is 1. The lowest BCUT2D eigenvalue weighted by Gasteiger charge is -2.22. The second-order valence-electron chi connectivity index (χ2n) is 13.2. The third-order valence-electron chi connectivity index (χ3n) is 8.81. The number of fused-ring (bicyclic) bond motifs is 2. The van der Waals surface area contributed by atoms with Gasteiger partial charge in [-0.25, -0.2) is 4.98 Å². The average molecular weight is 668 g/mol. The number of carbonyl (C=O) groups excluding carboxylic acids is 1. The Morgan fingerprint density at radius 2 is 1.56 bits per heavy atom. The van der Waals surface area contributed by atoms with E-state index in [1.54, 1.807) is 26.2 Å². The molecule has 8 heteroatoms. The van der Waals surface area contributed by atoms with Gasteiger partial charge in [-0.15, -0.1) is 0 Å². The van der Waals surface area contributed by atoms with Crippen LogP contribution >= 0.6 is 0 Å². The number of hydrogen-bond acceptors (Lipinski definition) is 6. The Morgan fingerprint density at radius 3 is 2.12 bits per heavy atom. The number of carboxylic acids is 1. The maximum absolute atomic E-state index is 13.2. The van der Waals surface area contributed by atoms with Gasteiger partial charge in [0.25, 0.3) is 0 Å². The second kappa shape index (κ2) is 14.4. The van der Waals surface area contributed by atoms with Crippen LogP contribution in [0.25, 0.3) is 33.2 Å². The molecular formula is C42H41N3O5. The lowest BCUT2D eigenvalue weighted by molar-refractivity contribution is -0.146. The highest BCUT2D eigenvalue weighted by Gasteiger charge is 2.32. The number of carboxylic acid groups (broad SMARTS) is 1. The lowest BCUT2D eigenvalue weighted by atomic mass is 9.86. The molecule has 1 N–H and O–H groups in total. The summed E-state index contributed by atoms with van der Waals surface area (Å²) in [6.07, 6.45) is 3.78. The first-order chi connectivity index (χ1) is 24.0. The minimum Gasteiger partial charge on any atom is -0.487 e. The van der Waals surface area contributed by atoms with Gasteiger partial charge in [-0.3, -0.25) is 14.6 Å². The van der Waals surface area contributed by atoms with Crippen molar-refractivity contribution in [2.45, 2.75) is 54.2 Å². The van der Waals surface area contributed by atoms with E-state index in [1.165, 1.54) is 18.1 Å². The Hall–Kier alpha value is -5.76. The molecule has 2 aromatic carbocycles. The van der Waals surface area contributed by atoms with Crippen molar-refractivity contribution < 1.29 is 24.2 Å². The summed E-state index contributed by atoms with van der Waals surface area (Å²) in [4.78, 5) is 34.1. The highest BCUT2D eigenvalue weighted by molar-refractivity contribution is 6.09. The summed E-state index contributed by atoms with van der Waals surface area (Å²) in [5.41, 5.74) is 8.69. The van der Waals surface area contributed by atoms with Gasteiger partial charge in [-0.05, 0) is 98.8 Å². The molecule has 0 saturated carbocycles. The molecule has 0 unspecified atom stereocenters. The molecule has 2 aliphatic carbocycles. The van der Waals surface area contributed by atoms with Crippen LogP contribution < -0.4 is 9.47 Å². The predicted octanol–water partition coefficient (Wildman–Crippen LogP) is 8.96. The third kappa shape index (κ3) is 7.76. The summed E-state index contributed by atoms with van der Waals surface area (Å²) in [5.74, 6) is 0.148. The molecular weight excluding hydrogens is 626 g/mol. The van der Waals surface area contributed by atoms with Gasteiger partial charge in [0.05, 0.1) is 17.7 Å². The normalized spacial score (nSPS) is 11.5. The van der Waals surface area contributed by atoms with E-state index in [0.29, 0.717) is 36.0 Å². The summed E-state index contributed by atoms with van der Waals surface area (Å²) in [6, 6.07) is 30.1. The number of carbonyl (C=O) groups is 2. The van der Waals surface area contributed by atoms with Gasteiger partial charge >= 0.3 is 5.97 Å². The van der Waals surface area contributed by atoms with E-state index in [0.717, 1.165) is 38.9 Å². The number of nitrogens with zero attached hydrogens (tertiary/aromatic N) is 3. The van der Waals surface area contributed by atoms with Crippen LogP contribution in [0, 0.1) is 12.3 Å². The van der Waals surface area contributed by atoms with Gasteiger partial charge in [-0.1, -0.05) is 48.5 Å². The van der Waals surface area contributed by atoms with Crippen molar-refractivity contribution in [2.75, 3.05) is 6.61 Å². The number of aliphatic carboxylic acids is 1. The third-order valence-corrected chi connectivity index (χ3v) is 8.81. The predicted molar refractivity (Wildman–Crippen MR) is 196 cm³/mol. The van der Waals surface area contributed by atoms with Crippen molar-refractivity contribution in [3.05, 3.63) is 131 Å². The van der Waals surface area contributed by atoms with Crippen LogP contribution in [0.4, 0.5) is 0 Å². The maximum atomic E-state index is 13.2. The number of ether oxygens (including phenoxy) is 2. The molecule has 254 valence electrons.